The Morgan fingerprint density at radius 3 is 1.77 bits per heavy atom. The summed E-state index contributed by atoms with van der Waals surface area (Å²) in [5.41, 5.74) is 0. The van der Waals surface area contributed by atoms with Crippen LogP contribution in [0.4, 0.5) is 0 Å². The van der Waals surface area contributed by atoms with Crippen molar-refractivity contribution in [1.29, 1.82) is 0 Å². The summed E-state index contributed by atoms with van der Waals surface area (Å²) in [5, 5.41) is 3.97. The van der Waals surface area contributed by atoms with Crippen molar-refractivity contribution in [3.8, 4) is 5.75 Å². The summed E-state index contributed by atoms with van der Waals surface area (Å²) in [6, 6.07) is 27.7. The summed E-state index contributed by atoms with van der Waals surface area (Å²) in [6.07, 6.45) is 0. The maximum atomic E-state index is 5.47. The Bertz CT molecular complexity index is 704. The molecule has 0 bridgehead atoms. The van der Waals surface area contributed by atoms with Crippen molar-refractivity contribution in [3.63, 3.8) is 0 Å². The molecule has 0 aliphatic carbocycles. The summed E-state index contributed by atoms with van der Waals surface area (Å²) in [4.78, 5) is 0. The standard InChI is InChI=1S/C19H16BrOP/c1-21-19-14-17(12-13-18(19)20)22(15-8-4-2-5-9-15)16-10-6-3-7-11-16/h2-14H,1H3. The molecule has 1 nitrogen and oxygen atoms in total. The van der Waals surface area contributed by atoms with Crippen LogP contribution in [-0.2, 0) is 0 Å². The van der Waals surface area contributed by atoms with Gasteiger partial charge in [0.05, 0.1) is 11.6 Å². The van der Waals surface area contributed by atoms with Crippen molar-refractivity contribution in [1.82, 2.24) is 0 Å². The van der Waals surface area contributed by atoms with Crippen molar-refractivity contribution >= 4 is 39.8 Å². The molecule has 0 N–H and O–H groups in total. The second kappa shape index (κ2) is 7.09. The van der Waals surface area contributed by atoms with Crippen LogP contribution in [0.15, 0.2) is 83.3 Å². The van der Waals surface area contributed by atoms with E-state index in [9.17, 15) is 0 Å². The van der Waals surface area contributed by atoms with Gasteiger partial charge in [-0.05, 0) is 51.9 Å². The molecule has 0 aliphatic heterocycles. The highest BCUT2D eigenvalue weighted by Gasteiger charge is 2.17. The normalized spacial score (nSPS) is 10.7. The van der Waals surface area contributed by atoms with Crippen molar-refractivity contribution in [2.75, 3.05) is 7.11 Å². The molecule has 0 saturated heterocycles. The van der Waals surface area contributed by atoms with E-state index in [0.717, 1.165) is 10.2 Å². The SMILES string of the molecule is COc1cc(P(c2ccccc2)c2ccccc2)ccc1Br. The summed E-state index contributed by atoms with van der Waals surface area (Å²) < 4.78 is 6.45. The highest BCUT2D eigenvalue weighted by Crippen LogP contribution is 2.35. The van der Waals surface area contributed by atoms with E-state index in [1.807, 2.05) is 0 Å². The molecule has 0 atom stereocenters. The molecule has 0 amide bonds. The Hall–Kier alpha value is -1.63. The van der Waals surface area contributed by atoms with Gasteiger partial charge in [0.15, 0.2) is 0 Å². The lowest BCUT2D eigenvalue weighted by Gasteiger charge is -2.20. The van der Waals surface area contributed by atoms with Crippen LogP contribution in [0.3, 0.4) is 0 Å². The predicted octanol–water partition coefficient (Wildman–Crippen LogP) is 4.22. The monoisotopic (exact) mass is 370 g/mol. The van der Waals surface area contributed by atoms with Crippen LogP contribution in [-0.4, -0.2) is 7.11 Å². The van der Waals surface area contributed by atoms with Crippen LogP contribution in [0.25, 0.3) is 0 Å². The fraction of sp³-hybridized carbons (Fsp3) is 0.0526. The lowest BCUT2D eigenvalue weighted by molar-refractivity contribution is 0.412. The molecule has 3 heteroatoms. The summed E-state index contributed by atoms with van der Waals surface area (Å²) >= 11 is 3.53. The zero-order valence-corrected chi connectivity index (χ0v) is 14.7. The quantitative estimate of drug-likeness (QED) is 0.625. The van der Waals surface area contributed by atoms with Crippen molar-refractivity contribution in [3.05, 3.63) is 83.3 Å². The van der Waals surface area contributed by atoms with Crippen molar-refractivity contribution in [2.24, 2.45) is 0 Å². The fourth-order valence-corrected chi connectivity index (χ4v) is 5.10. The van der Waals surface area contributed by atoms with Gasteiger partial charge in [0, 0.05) is 0 Å². The molecule has 3 rings (SSSR count). The van der Waals surface area contributed by atoms with Gasteiger partial charge in [0.25, 0.3) is 0 Å². The van der Waals surface area contributed by atoms with Gasteiger partial charge in [-0.25, -0.2) is 0 Å². The third kappa shape index (κ3) is 3.24. The number of methoxy groups -OCH3 is 1. The zero-order valence-electron chi connectivity index (χ0n) is 12.2. The maximum Gasteiger partial charge on any atom is 0.133 e. The molecule has 0 radical (unpaired) electrons. The first-order chi connectivity index (χ1) is 10.8. The molecule has 0 unspecified atom stereocenters. The predicted molar refractivity (Wildman–Crippen MR) is 99.4 cm³/mol. The van der Waals surface area contributed by atoms with E-state index in [-0.39, 0.29) is 0 Å². The third-order valence-electron chi connectivity index (χ3n) is 3.42. The van der Waals surface area contributed by atoms with E-state index < -0.39 is 7.92 Å². The fourth-order valence-electron chi connectivity index (χ4n) is 2.39. The van der Waals surface area contributed by atoms with Crippen LogP contribution >= 0.6 is 23.9 Å². The van der Waals surface area contributed by atoms with Gasteiger partial charge in [-0.1, -0.05) is 66.7 Å². The second-order valence-corrected chi connectivity index (χ2v) is 7.90. The van der Waals surface area contributed by atoms with Gasteiger partial charge in [-0.3, -0.25) is 0 Å². The molecule has 0 saturated carbocycles. The van der Waals surface area contributed by atoms with E-state index >= 15 is 0 Å². The average molecular weight is 371 g/mol. The molecule has 110 valence electrons. The molecule has 22 heavy (non-hydrogen) atoms. The highest BCUT2D eigenvalue weighted by molar-refractivity contribution is 9.10. The summed E-state index contributed by atoms with van der Waals surface area (Å²) in [7, 11) is 1.12. The molecule has 3 aromatic carbocycles. The topological polar surface area (TPSA) is 9.23 Å². The molecular weight excluding hydrogens is 355 g/mol. The number of benzene rings is 3. The molecule has 0 heterocycles. The van der Waals surface area contributed by atoms with Crippen molar-refractivity contribution < 1.29 is 4.74 Å². The first-order valence-electron chi connectivity index (χ1n) is 7.03. The Kier molecular flexibility index (Phi) is 4.92. The van der Waals surface area contributed by atoms with Crippen LogP contribution in [0, 0.1) is 0 Å². The van der Waals surface area contributed by atoms with Crippen LogP contribution in [0.5, 0.6) is 5.75 Å². The minimum atomic E-state index is -0.581. The van der Waals surface area contributed by atoms with Gasteiger partial charge < -0.3 is 4.74 Å². The lowest BCUT2D eigenvalue weighted by Crippen LogP contribution is -2.20. The van der Waals surface area contributed by atoms with Gasteiger partial charge in [0.2, 0.25) is 0 Å². The average Bonchev–Trinajstić information content (AvgIpc) is 2.58. The Labute approximate surface area is 140 Å². The molecule has 0 aromatic heterocycles. The van der Waals surface area contributed by atoms with Gasteiger partial charge in [0.1, 0.15) is 5.75 Å². The number of ether oxygens (including phenoxy) is 1. The number of halogens is 1. The number of hydrogen-bond donors (Lipinski definition) is 0. The minimum absolute atomic E-state index is 0.581. The number of hydrogen-bond acceptors (Lipinski definition) is 1. The first-order valence-corrected chi connectivity index (χ1v) is 9.17. The third-order valence-corrected chi connectivity index (χ3v) is 6.50. The van der Waals surface area contributed by atoms with Gasteiger partial charge in [-0.2, -0.15) is 0 Å². The van der Waals surface area contributed by atoms with E-state index in [0.29, 0.717) is 0 Å². The molecule has 0 aliphatic rings. The Morgan fingerprint density at radius 1 is 0.727 bits per heavy atom. The van der Waals surface area contributed by atoms with E-state index in [1.54, 1.807) is 7.11 Å². The molecule has 0 fully saturated rings. The minimum Gasteiger partial charge on any atom is -0.496 e. The zero-order chi connectivity index (χ0) is 15.4. The largest absolute Gasteiger partial charge is 0.496 e. The Morgan fingerprint density at radius 2 is 1.27 bits per heavy atom. The summed E-state index contributed by atoms with van der Waals surface area (Å²) in [5.74, 6) is 0.872. The van der Waals surface area contributed by atoms with E-state index in [1.165, 1.54) is 15.9 Å². The van der Waals surface area contributed by atoms with Crippen LogP contribution in [0.2, 0.25) is 0 Å². The van der Waals surface area contributed by atoms with Crippen LogP contribution < -0.4 is 20.7 Å². The first kappa shape index (κ1) is 15.3. The Balaban J connectivity index is 2.14. The van der Waals surface area contributed by atoms with E-state index in [4.69, 9.17) is 4.74 Å². The van der Waals surface area contributed by atoms with Gasteiger partial charge in [-0.15, -0.1) is 0 Å². The van der Waals surface area contributed by atoms with Crippen molar-refractivity contribution in [2.45, 2.75) is 0 Å². The molecular formula is C19H16BrOP. The lowest BCUT2D eigenvalue weighted by atomic mass is 10.3. The van der Waals surface area contributed by atoms with Crippen LogP contribution in [0.1, 0.15) is 0 Å². The molecule has 3 aromatic rings. The van der Waals surface area contributed by atoms with Gasteiger partial charge >= 0.3 is 0 Å². The van der Waals surface area contributed by atoms with E-state index in [2.05, 4.69) is 94.8 Å². The summed E-state index contributed by atoms with van der Waals surface area (Å²) in [6.45, 7) is 0. The molecule has 0 spiro atoms. The maximum absolute atomic E-state index is 5.47. The smallest absolute Gasteiger partial charge is 0.133 e. The number of rotatable bonds is 4. The second-order valence-electron chi connectivity index (χ2n) is 4.83. The highest BCUT2D eigenvalue weighted by atomic mass is 79.9.